The number of carboxylic acids is 2. The molecule has 0 radical (unpaired) electrons. The zero-order valence-electron chi connectivity index (χ0n) is 14.4. The Morgan fingerprint density at radius 3 is 2.52 bits per heavy atom. The zero-order chi connectivity index (χ0) is 20.0. The molecule has 0 amide bonds. The van der Waals surface area contributed by atoms with Crippen molar-refractivity contribution in [2.75, 3.05) is 11.1 Å². The Balaban J connectivity index is 2.11. The van der Waals surface area contributed by atoms with Gasteiger partial charge >= 0.3 is 11.9 Å². The molecule has 8 nitrogen and oxygen atoms in total. The minimum absolute atomic E-state index is 0.0334. The molecule has 0 aliphatic heterocycles. The summed E-state index contributed by atoms with van der Waals surface area (Å²) in [6.07, 6.45) is 0. The molecule has 0 heterocycles. The van der Waals surface area contributed by atoms with E-state index in [1.165, 1.54) is 23.9 Å². The number of hydrogen-bond donors (Lipinski definition) is 3. The summed E-state index contributed by atoms with van der Waals surface area (Å²) in [5, 5.41) is 32.2. The van der Waals surface area contributed by atoms with Crippen LogP contribution in [0.3, 0.4) is 0 Å². The summed E-state index contributed by atoms with van der Waals surface area (Å²) in [5.74, 6) is -1.66. The van der Waals surface area contributed by atoms with Crippen LogP contribution < -0.4 is 5.32 Å². The van der Waals surface area contributed by atoms with Gasteiger partial charge in [-0.2, -0.15) is 11.8 Å². The second-order valence-corrected chi connectivity index (χ2v) is 6.80. The topological polar surface area (TPSA) is 130 Å². The molecule has 0 aliphatic carbocycles. The van der Waals surface area contributed by atoms with E-state index in [0.717, 1.165) is 17.2 Å². The van der Waals surface area contributed by atoms with E-state index >= 15 is 0 Å². The van der Waals surface area contributed by atoms with E-state index < -0.39 is 28.6 Å². The molecule has 0 fully saturated rings. The van der Waals surface area contributed by atoms with Crippen LogP contribution in [0, 0.1) is 17.0 Å². The first kappa shape index (κ1) is 20.2. The van der Waals surface area contributed by atoms with Crippen molar-refractivity contribution in [3.05, 3.63) is 69.3 Å². The zero-order valence-corrected chi connectivity index (χ0v) is 15.2. The molecular weight excluding hydrogens is 372 g/mol. The molecule has 2 aromatic rings. The summed E-state index contributed by atoms with van der Waals surface area (Å²) in [7, 11) is 0. The quantitative estimate of drug-likeness (QED) is 0.439. The number of anilines is 1. The Labute approximate surface area is 159 Å². The molecule has 27 heavy (non-hydrogen) atoms. The summed E-state index contributed by atoms with van der Waals surface area (Å²) in [6.45, 7) is 1.97. The SMILES string of the molecule is Cc1ccccc1CSC[C@@H](Nc1ccc(C(=O)O)cc1[N+](=O)[O-])C(=O)O. The Kier molecular flexibility index (Phi) is 6.78. The lowest BCUT2D eigenvalue weighted by Gasteiger charge is -2.16. The van der Waals surface area contributed by atoms with Crippen molar-refractivity contribution in [3.8, 4) is 0 Å². The fourth-order valence-corrected chi connectivity index (χ4v) is 3.48. The van der Waals surface area contributed by atoms with Gasteiger partial charge in [-0.1, -0.05) is 24.3 Å². The molecule has 0 aromatic heterocycles. The maximum Gasteiger partial charge on any atom is 0.335 e. The van der Waals surface area contributed by atoms with E-state index in [1.54, 1.807) is 0 Å². The number of nitro benzene ring substituents is 1. The number of nitrogens with one attached hydrogen (secondary N) is 1. The van der Waals surface area contributed by atoms with Gasteiger partial charge in [-0.3, -0.25) is 10.1 Å². The maximum absolute atomic E-state index is 11.5. The molecule has 1 atom stereocenters. The molecule has 0 saturated carbocycles. The fraction of sp³-hybridized carbons (Fsp3) is 0.222. The van der Waals surface area contributed by atoms with Crippen LogP contribution in [0.15, 0.2) is 42.5 Å². The van der Waals surface area contributed by atoms with Gasteiger partial charge in [0, 0.05) is 17.6 Å². The Hall–Kier alpha value is -3.07. The monoisotopic (exact) mass is 390 g/mol. The van der Waals surface area contributed by atoms with E-state index in [0.29, 0.717) is 5.75 Å². The summed E-state index contributed by atoms with van der Waals surface area (Å²) in [4.78, 5) is 33.0. The Morgan fingerprint density at radius 1 is 1.22 bits per heavy atom. The van der Waals surface area contributed by atoms with Crippen LogP contribution in [-0.2, 0) is 10.5 Å². The highest BCUT2D eigenvalue weighted by Crippen LogP contribution is 2.27. The number of aliphatic carboxylic acids is 1. The highest BCUT2D eigenvalue weighted by atomic mass is 32.2. The van der Waals surface area contributed by atoms with Gasteiger partial charge in [0.1, 0.15) is 11.7 Å². The predicted octanol–water partition coefficient (Wildman–Crippen LogP) is 3.40. The van der Waals surface area contributed by atoms with Crippen molar-refractivity contribution in [3.63, 3.8) is 0 Å². The van der Waals surface area contributed by atoms with Crippen LogP contribution in [0.5, 0.6) is 0 Å². The molecule has 142 valence electrons. The van der Waals surface area contributed by atoms with Crippen LogP contribution in [0.2, 0.25) is 0 Å². The van der Waals surface area contributed by atoms with Gasteiger partial charge in [-0.25, -0.2) is 9.59 Å². The second-order valence-electron chi connectivity index (χ2n) is 5.77. The van der Waals surface area contributed by atoms with Crippen molar-refractivity contribution in [1.82, 2.24) is 0 Å². The first-order valence-electron chi connectivity index (χ1n) is 7.93. The minimum Gasteiger partial charge on any atom is -0.480 e. The van der Waals surface area contributed by atoms with Gasteiger partial charge < -0.3 is 15.5 Å². The molecule has 3 N–H and O–H groups in total. The normalized spacial score (nSPS) is 11.6. The van der Waals surface area contributed by atoms with Crippen LogP contribution in [0.25, 0.3) is 0 Å². The number of nitro groups is 1. The highest BCUT2D eigenvalue weighted by Gasteiger charge is 2.23. The van der Waals surface area contributed by atoms with E-state index in [2.05, 4.69) is 5.32 Å². The molecule has 0 spiro atoms. The molecule has 2 aromatic carbocycles. The van der Waals surface area contributed by atoms with Crippen molar-refractivity contribution in [2.45, 2.75) is 18.7 Å². The average Bonchev–Trinajstić information content (AvgIpc) is 2.62. The van der Waals surface area contributed by atoms with Crippen LogP contribution in [-0.4, -0.2) is 38.9 Å². The van der Waals surface area contributed by atoms with Crippen LogP contribution >= 0.6 is 11.8 Å². The minimum atomic E-state index is -1.30. The van der Waals surface area contributed by atoms with Crippen molar-refractivity contribution in [1.29, 1.82) is 0 Å². The fourth-order valence-electron chi connectivity index (χ4n) is 2.36. The molecule has 0 unspecified atom stereocenters. The number of aryl methyl sites for hydroxylation is 1. The summed E-state index contributed by atoms with van der Waals surface area (Å²) in [6, 6.07) is 10.0. The number of thioether (sulfide) groups is 1. The van der Waals surface area contributed by atoms with Crippen molar-refractivity contribution >= 4 is 35.1 Å². The third kappa shape index (κ3) is 5.45. The Bertz CT molecular complexity index is 871. The number of rotatable bonds is 9. The molecule has 9 heteroatoms. The highest BCUT2D eigenvalue weighted by molar-refractivity contribution is 7.98. The largest absolute Gasteiger partial charge is 0.480 e. The number of carbonyl (C=O) groups is 2. The van der Waals surface area contributed by atoms with E-state index in [4.69, 9.17) is 5.11 Å². The third-order valence-electron chi connectivity index (χ3n) is 3.87. The van der Waals surface area contributed by atoms with Gasteiger partial charge in [-0.05, 0) is 30.2 Å². The first-order valence-corrected chi connectivity index (χ1v) is 9.08. The van der Waals surface area contributed by atoms with Gasteiger partial charge in [-0.15, -0.1) is 0 Å². The number of nitrogens with zero attached hydrogens (tertiary/aromatic N) is 1. The lowest BCUT2D eigenvalue weighted by Crippen LogP contribution is -2.32. The lowest BCUT2D eigenvalue weighted by molar-refractivity contribution is -0.384. The number of carboxylic acid groups (broad SMARTS) is 2. The predicted molar refractivity (Wildman–Crippen MR) is 102 cm³/mol. The lowest BCUT2D eigenvalue weighted by atomic mass is 10.1. The van der Waals surface area contributed by atoms with E-state index in [9.17, 15) is 24.8 Å². The van der Waals surface area contributed by atoms with Crippen molar-refractivity contribution < 1.29 is 24.7 Å². The summed E-state index contributed by atoms with van der Waals surface area (Å²) < 4.78 is 0. The van der Waals surface area contributed by atoms with Gasteiger partial charge in [0.25, 0.3) is 5.69 Å². The summed E-state index contributed by atoms with van der Waals surface area (Å²) in [5.41, 5.74) is 1.43. The van der Waals surface area contributed by atoms with E-state index in [1.807, 2.05) is 31.2 Å². The number of benzene rings is 2. The van der Waals surface area contributed by atoms with E-state index in [-0.39, 0.29) is 17.0 Å². The third-order valence-corrected chi connectivity index (χ3v) is 4.96. The van der Waals surface area contributed by atoms with Gasteiger partial charge in [0.2, 0.25) is 0 Å². The molecule has 0 aliphatic rings. The van der Waals surface area contributed by atoms with Gasteiger partial charge in [0.05, 0.1) is 10.5 Å². The molecule has 0 saturated heterocycles. The first-order chi connectivity index (χ1) is 12.8. The van der Waals surface area contributed by atoms with Crippen LogP contribution in [0.4, 0.5) is 11.4 Å². The number of hydrogen-bond acceptors (Lipinski definition) is 6. The number of aromatic carboxylic acids is 1. The molecular formula is C18H18N2O6S. The molecule has 2 rings (SSSR count). The van der Waals surface area contributed by atoms with Crippen molar-refractivity contribution in [2.24, 2.45) is 0 Å². The smallest absolute Gasteiger partial charge is 0.335 e. The van der Waals surface area contributed by atoms with Gasteiger partial charge in [0.15, 0.2) is 0 Å². The Morgan fingerprint density at radius 2 is 1.93 bits per heavy atom. The average molecular weight is 390 g/mol. The summed E-state index contributed by atoms with van der Waals surface area (Å²) >= 11 is 1.39. The molecule has 0 bridgehead atoms. The van der Waals surface area contributed by atoms with Crippen LogP contribution in [0.1, 0.15) is 21.5 Å². The second kappa shape index (κ2) is 9.04. The maximum atomic E-state index is 11.5. The standard InChI is InChI=1S/C18H18N2O6S/c1-11-4-2-3-5-13(11)9-27-10-15(18(23)24)19-14-7-6-12(17(21)22)8-16(14)20(25)26/h2-8,15,19H,9-10H2,1H3,(H,21,22)(H,23,24)/t15-/m1/s1.